The topological polar surface area (TPSA) is 0 Å². The van der Waals surface area contributed by atoms with Crippen LogP contribution in [-0.4, -0.2) is 49.0 Å². The predicted molar refractivity (Wildman–Crippen MR) is 46.0 cm³/mol. The van der Waals surface area contributed by atoms with Gasteiger partial charge in [-0.2, -0.15) is 0 Å². The molecule has 1 aliphatic rings. The molecule has 0 aliphatic heterocycles. The predicted octanol–water partition coefficient (Wildman–Crippen LogP) is 2.42. The molecule has 0 radical (unpaired) electrons. The summed E-state index contributed by atoms with van der Waals surface area (Å²) < 4.78 is 1.72. The third-order valence-electron chi connectivity index (χ3n) is 1.98. The van der Waals surface area contributed by atoms with Crippen molar-refractivity contribution in [1.29, 1.82) is 0 Å². The summed E-state index contributed by atoms with van der Waals surface area (Å²) in [5.74, 6) is 0. The molecule has 0 unspecified atom stereocenters. The van der Waals surface area contributed by atoms with Crippen LogP contribution in [0.1, 0.15) is 27.2 Å². The van der Waals surface area contributed by atoms with E-state index >= 15 is 0 Å². The van der Waals surface area contributed by atoms with Gasteiger partial charge in [0.2, 0.25) is 0 Å². The van der Waals surface area contributed by atoms with Crippen molar-refractivity contribution in [3.63, 3.8) is 0 Å². The van der Waals surface area contributed by atoms with E-state index in [1.54, 1.807) is 5.24 Å². The molecule has 1 aliphatic carbocycles. The van der Waals surface area contributed by atoms with Crippen molar-refractivity contribution in [2.75, 3.05) is 0 Å². The molecule has 0 saturated carbocycles. The van der Waals surface area contributed by atoms with Crippen LogP contribution >= 0.6 is 0 Å². The first-order valence-electron chi connectivity index (χ1n) is 3.88. The summed E-state index contributed by atoms with van der Waals surface area (Å²) >= 11 is 0.888. The standard InChI is InChI=1S/C9H13.K/c1-9(2,3)8-6-4-5-7-8;/h4,6H,5H2,1-3H3;. The van der Waals surface area contributed by atoms with Crippen molar-refractivity contribution in [2.24, 2.45) is 5.41 Å². The average molecular weight is 160 g/mol. The maximum atomic E-state index is 2.31. The van der Waals surface area contributed by atoms with Crippen LogP contribution < -0.4 is 0 Å². The Labute approximate surface area is 97.4 Å². The molecule has 0 atom stereocenters. The molecule has 0 aromatic heterocycles. The fraction of sp³-hybridized carbons (Fsp3) is 0.556. The molecule has 0 spiro atoms. The monoisotopic (exact) mass is 160 g/mol. The molecule has 0 saturated heterocycles. The molecule has 0 nitrogen and oxygen atoms in total. The summed E-state index contributed by atoms with van der Waals surface area (Å²) in [5, 5.41) is 0. The van der Waals surface area contributed by atoms with Crippen molar-refractivity contribution in [3.8, 4) is 0 Å². The van der Waals surface area contributed by atoms with Crippen molar-refractivity contribution >= 4 is 49.0 Å². The molecular weight excluding hydrogens is 147 g/mol. The van der Waals surface area contributed by atoms with Gasteiger partial charge in [-0.25, -0.2) is 0 Å². The molecular formula is C9H13K. The van der Waals surface area contributed by atoms with E-state index in [2.05, 4.69) is 32.9 Å². The molecule has 50 valence electrons. The fourth-order valence-electron chi connectivity index (χ4n) is 1.50. The van der Waals surface area contributed by atoms with E-state index < -0.39 is 0 Å². The molecule has 0 N–H and O–H groups in total. The zero-order valence-electron chi connectivity index (χ0n) is 7.36. The van der Waals surface area contributed by atoms with Gasteiger partial charge in [0.05, 0.1) is 0 Å². The van der Waals surface area contributed by atoms with Crippen LogP contribution in [0, 0.1) is 5.41 Å². The van der Waals surface area contributed by atoms with Gasteiger partial charge in [0, 0.05) is 0 Å². The summed E-state index contributed by atoms with van der Waals surface area (Å²) in [6.45, 7) is 6.89. The third-order valence-corrected chi connectivity index (χ3v) is 3.46. The van der Waals surface area contributed by atoms with Crippen LogP contribution in [0.5, 0.6) is 0 Å². The van der Waals surface area contributed by atoms with Gasteiger partial charge in [-0.15, -0.1) is 0 Å². The van der Waals surface area contributed by atoms with Gasteiger partial charge >= 0.3 is 99.0 Å². The van der Waals surface area contributed by atoms with E-state index in [4.69, 9.17) is 0 Å². The van der Waals surface area contributed by atoms with E-state index in [9.17, 15) is 0 Å². The van der Waals surface area contributed by atoms with Crippen molar-refractivity contribution in [1.82, 2.24) is 0 Å². The average Bonchev–Trinajstić information content (AvgIpc) is 2.11. The minimum absolute atomic E-state index is 0.391. The number of rotatable bonds is 0. The minimum atomic E-state index is 0.391. The number of allylic oxidation sites excluding steroid dienone is 4. The molecule has 0 amide bonds. The van der Waals surface area contributed by atoms with Crippen LogP contribution in [0.25, 0.3) is 0 Å². The Morgan fingerprint density at radius 2 is 2.00 bits per heavy atom. The van der Waals surface area contributed by atoms with Crippen LogP contribution in [-0.2, 0) is 0 Å². The zero-order valence-corrected chi connectivity index (χ0v) is 10.5. The third kappa shape index (κ3) is 2.05. The van der Waals surface area contributed by atoms with Crippen molar-refractivity contribution in [3.05, 3.63) is 17.4 Å². The summed E-state index contributed by atoms with van der Waals surface area (Å²) in [4.78, 5) is 0. The van der Waals surface area contributed by atoms with Gasteiger partial charge in [-0.05, 0) is 0 Å². The Bertz CT molecular complexity index is 191. The fourth-order valence-corrected chi connectivity index (χ4v) is 3.30. The molecule has 0 heterocycles. The molecule has 0 aromatic carbocycles. The normalized spacial score (nSPS) is 18.9. The molecule has 0 bridgehead atoms. The van der Waals surface area contributed by atoms with E-state index in [1.165, 1.54) is 6.42 Å². The van der Waals surface area contributed by atoms with E-state index in [-0.39, 0.29) is 0 Å². The van der Waals surface area contributed by atoms with Gasteiger partial charge in [0.25, 0.3) is 0 Å². The first-order valence-corrected chi connectivity index (χ1v) is 5.45. The van der Waals surface area contributed by atoms with Crippen LogP contribution in [0.3, 0.4) is 0 Å². The molecule has 1 rings (SSSR count). The van der Waals surface area contributed by atoms with Gasteiger partial charge in [-0.3, -0.25) is 0 Å². The summed E-state index contributed by atoms with van der Waals surface area (Å²) in [6.07, 6.45) is 5.84. The van der Waals surface area contributed by atoms with Crippen molar-refractivity contribution < 1.29 is 0 Å². The Balaban J connectivity index is 2.91. The molecule has 0 aromatic rings. The van der Waals surface area contributed by atoms with E-state index in [0.717, 1.165) is 49.0 Å². The Kier molecular flexibility index (Phi) is 2.98. The van der Waals surface area contributed by atoms with Crippen LogP contribution in [0.2, 0.25) is 0 Å². The molecule has 0 fully saturated rings. The summed E-state index contributed by atoms with van der Waals surface area (Å²) in [6, 6.07) is 0. The van der Waals surface area contributed by atoms with Gasteiger partial charge in [-0.1, -0.05) is 0 Å². The summed E-state index contributed by atoms with van der Waals surface area (Å²) in [5.41, 5.74) is 2.00. The maximum absolute atomic E-state index is 2.31. The van der Waals surface area contributed by atoms with E-state index in [1.807, 2.05) is 0 Å². The van der Waals surface area contributed by atoms with Crippen LogP contribution in [0.4, 0.5) is 0 Å². The van der Waals surface area contributed by atoms with Gasteiger partial charge in [0.1, 0.15) is 0 Å². The molecule has 1 heteroatoms. The Morgan fingerprint density at radius 1 is 1.40 bits per heavy atom. The second-order valence-corrected chi connectivity index (χ2v) is 5.94. The second-order valence-electron chi connectivity index (χ2n) is 4.05. The quantitative estimate of drug-likeness (QED) is 0.477. The van der Waals surface area contributed by atoms with Crippen LogP contribution in [0.15, 0.2) is 17.4 Å². The SMILES string of the molecule is CC(C)(C)C1=[C]([K])CC=C1. The first kappa shape index (κ1) is 9.21. The number of hydrogen-bond acceptors (Lipinski definition) is 0. The van der Waals surface area contributed by atoms with E-state index in [0.29, 0.717) is 5.41 Å². The second kappa shape index (κ2) is 3.24. The zero-order chi connectivity index (χ0) is 7.78. The van der Waals surface area contributed by atoms with Gasteiger partial charge in [0.15, 0.2) is 0 Å². The molecule has 10 heavy (non-hydrogen) atoms. The Morgan fingerprint density at radius 3 is 2.20 bits per heavy atom. The number of hydrogen-bond donors (Lipinski definition) is 0. The van der Waals surface area contributed by atoms with Crippen molar-refractivity contribution in [2.45, 2.75) is 27.2 Å². The summed E-state index contributed by atoms with van der Waals surface area (Å²) in [7, 11) is 0. The first-order chi connectivity index (χ1) is 4.52. The Hall–Kier alpha value is 1.12. The van der Waals surface area contributed by atoms with Gasteiger partial charge < -0.3 is 0 Å².